The van der Waals surface area contributed by atoms with Gasteiger partial charge in [0.15, 0.2) is 23.3 Å². The number of carbonyl (C=O) groups excluding carboxylic acids is 2. The Balaban J connectivity index is 5.98. The monoisotopic (exact) mass is 702 g/mol. The lowest BCUT2D eigenvalue weighted by Crippen LogP contribution is -2.56. The van der Waals surface area contributed by atoms with E-state index in [9.17, 15) is 75.4 Å². The van der Waals surface area contributed by atoms with Crippen LogP contribution in [0.1, 0.15) is 12.8 Å². The quantitative estimate of drug-likeness (QED) is 0.0446. The fourth-order valence-electron chi connectivity index (χ4n) is 2.59. The second-order valence-electron chi connectivity index (χ2n) is 8.10. The van der Waals surface area contributed by atoms with Gasteiger partial charge in [-0.25, -0.2) is 49.1 Å². The number of halogens is 15. The third kappa shape index (κ3) is 11.2. The summed E-state index contributed by atoms with van der Waals surface area (Å²) in [6.45, 7) is 0.285. The van der Waals surface area contributed by atoms with E-state index in [1.807, 2.05) is 0 Å². The van der Waals surface area contributed by atoms with E-state index in [-0.39, 0.29) is 6.42 Å². The average Bonchev–Trinajstić information content (AvgIpc) is 3.02. The lowest BCUT2D eigenvalue weighted by molar-refractivity contribution is -0.375. The van der Waals surface area contributed by atoms with Crippen molar-refractivity contribution in [2.24, 2.45) is 0 Å². The molecule has 2 unspecified atom stereocenters. The van der Waals surface area contributed by atoms with Crippen LogP contribution < -0.4 is 0 Å². The molecule has 0 aromatic carbocycles. The van der Waals surface area contributed by atoms with E-state index in [1.165, 1.54) is 0 Å². The molecule has 0 radical (unpaired) electrons. The van der Waals surface area contributed by atoms with Gasteiger partial charge >= 0.3 is 29.9 Å². The Morgan fingerprint density at radius 2 is 1.20 bits per heavy atom. The number of hydrogen-bond acceptors (Lipinski definition) is 6. The molecule has 0 amide bonds. The Labute approximate surface area is 249 Å². The van der Waals surface area contributed by atoms with Gasteiger partial charge in [0, 0.05) is 25.2 Å². The molecule has 0 saturated heterocycles. The minimum Gasteiger partial charge on any atom is -0.459 e. The Morgan fingerprint density at radius 3 is 1.67 bits per heavy atom. The van der Waals surface area contributed by atoms with Crippen LogP contribution in [0.3, 0.4) is 0 Å². The van der Waals surface area contributed by atoms with Crippen LogP contribution in [-0.2, 0) is 28.5 Å². The Morgan fingerprint density at radius 1 is 0.696 bits per heavy atom. The maximum atomic E-state index is 14.8. The molecule has 0 aromatic rings. The highest BCUT2D eigenvalue weighted by molar-refractivity contribution is 5.82. The van der Waals surface area contributed by atoms with Crippen molar-refractivity contribution in [3.8, 4) is 0 Å². The number of alkyl halides is 7. The summed E-state index contributed by atoms with van der Waals surface area (Å²) in [4.78, 5) is 22.5. The van der Waals surface area contributed by atoms with E-state index in [0.717, 1.165) is 12.2 Å². The molecule has 0 fully saturated rings. The zero-order valence-corrected chi connectivity index (χ0v) is 22.7. The van der Waals surface area contributed by atoms with Crippen LogP contribution in [0, 0.1) is 0 Å². The van der Waals surface area contributed by atoms with Gasteiger partial charge in [0.05, 0.1) is 13.2 Å². The number of ether oxygens (including phenoxy) is 4. The van der Waals surface area contributed by atoms with Crippen molar-refractivity contribution < 1.29 is 94.4 Å². The van der Waals surface area contributed by atoms with Crippen molar-refractivity contribution in [2.45, 2.75) is 36.9 Å². The number of carbonyl (C=O) groups is 2. The summed E-state index contributed by atoms with van der Waals surface area (Å²) < 4.78 is 220. The molecule has 0 aliphatic carbocycles. The standard InChI is InChI=1S/C25H21F15O6/c1-3-14(41)44-11-12(46-15(42)4-2)6-9-43-7-5-8-45-23(35,24(36,37)25(38,39)40)22(34)21(33)20(32)19(31)18(30)17(29)16(28)13(27)10-26/h3-4,12H,1-2,5-11H2/b16-13+,18-17+,20-19+,22-21+. The molecule has 0 heterocycles. The molecule has 0 aliphatic rings. The van der Waals surface area contributed by atoms with Crippen molar-refractivity contribution >= 4 is 11.9 Å². The van der Waals surface area contributed by atoms with E-state index in [0.29, 0.717) is 0 Å². The minimum atomic E-state index is -7.13. The zero-order valence-electron chi connectivity index (χ0n) is 22.7. The van der Waals surface area contributed by atoms with E-state index in [1.54, 1.807) is 0 Å². The lowest BCUT2D eigenvalue weighted by Gasteiger charge is -2.33. The summed E-state index contributed by atoms with van der Waals surface area (Å²) in [5.41, 5.74) is 0. The summed E-state index contributed by atoms with van der Waals surface area (Å²) in [5.74, 6) is -44.1. The molecule has 0 saturated carbocycles. The second-order valence-corrected chi connectivity index (χ2v) is 8.10. The van der Waals surface area contributed by atoms with E-state index >= 15 is 0 Å². The fraction of sp³-hybridized carbons (Fsp3) is 0.440. The second kappa shape index (κ2) is 18.4. The van der Waals surface area contributed by atoms with Crippen LogP contribution in [0.2, 0.25) is 0 Å². The predicted octanol–water partition coefficient (Wildman–Crippen LogP) is 8.06. The molecule has 0 aromatic heterocycles. The number of rotatable bonds is 19. The highest BCUT2D eigenvalue weighted by atomic mass is 19.4. The Kier molecular flexibility index (Phi) is 16.9. The number of hydrogen-bond donors (Lipinski definition) is 0. The average molecular weight is 702 g/mol. The first-order valence-electron chi connectivity index (χ1n) is 11.9. The van der Waals surface area contributed by atoms with Gasteiger partial charge in [-0.1, -0.05) is 13.2 Å². The van der Waals surface area contributed by atoms with Crippen LogP contribution in [0.15, 0.2) is 71.9 Å². The molecule has 46 heavy (non-hydrogen) atoms. The van der Waals surface area contributed by atoms with Crippen LogP contribution in [-0.4, -0.2) is 69.1 Å². The third-order valence-corrected chi connectivity index (χ3v) is 4.90. The third-order valence-electron chi connectivity index (χ3n) is 4.90. The van der Waals surface area contributed by atoms with Crippen molar-refractivity contribution in [1.29, 1.82) is 0 Å². The molecular formula is C25H21F15O6. The van der Waals surface area contributed by atoms with E-state index in [4.69, 9.17) is 9.47 Å². The van der Waals surface area contributed by atoms with Crippen LogP contribution in [0.4, 0.5) is 65.9 Å². The minimum absolute atomic E-state index is 0.268. The van der Waals surface area contributed by atoms with Crippen molar-refractivity contribution in [2.75, 3.05) is 33.1 Å². The van der Waals surface area contributed by atoms with Gasteiger partial charge in [-0.2, -0.15) is 26.3 Å². The van der Waals surface area contributed by atoms with Gasteiger partial charge < -0.3 is 18.9 Å². The van der Waals surface area contributed by atoms with Crippen LogP contribution in [0.25, 0.3) is 0 Å². The maximum Gasteiger partial charge on any atom is 0.460 e. The molecular weight excluding hydrogens is 681 g/mol. The highest BCUT2D eigenvalue weighted by Crippen LogP contribution is 2.51. The fourth-order valence-corrected chi connectivity index (χ4v) is 2.59. The first-order chi connectivity index (χ1) is 21.1. The summed E-state index contributed by atoms with van der Waals surface area (Å²) in [5, 5.41) is 0. The molecule has 0 N–H and O–H groups in total. The molecule has 262 valence electrons. The van der Waals surface area contributed by atoms with Gasteiger partial charge in [-0.15, -0.1) is 0 Å². The van der Waals surface area contributed by atoms with Crippen molar-refractivity contribution in [1.82, 2.24) is 0 Å². The Bertz CT molecular complexity index is 1240. The molecule has 0 aliphatic heterocycles. The molecule has 2 atom stereocenters. The van der Waals surface area contributed by atoms with E-state index in [2.05, 4.69) is 22.6 Å². The van der Waals surface area contributed by atoms with Crippen molar-refractivity contribution in [3.63, 3.8) is 0 Å². The predicted molar refractivity (Wildman–Crippen MR) is 125 cm³/mol. The van der Waals surface area contributed by atoms with Crippen LogP contribution >= 0.6 is 0 Å². The van der Waals surface area contributed by atoms with Gasteiger partial charge in [0.25, 0.3) is 0 Å². The van der Waals surface area contributed by atoms with Gasteiger partial charge in [0.2, 0.25) is 23.3 Å². The largest absolute Gasteiger partial charge is 0.460 e. The first kappa shape index (κ1) is 42.2. The van der Waals surface area contributed by atoms with Crippen molar-refractivity contribution in [3.05, 3.63) is 71.9 Å². The lowest BCUT2D eigenvalue weighted by atomic mass is 10.1. The summed E-state index contributed by atoms with van der Waals surface area (Å²) in [7, 11) is 0. The maximum absolute atomic E-state index is 14.8. The zero-order chi connectivity index (χ0) is 36.0. The summed E-state index contributed by atoms with van der Waals surface area (Å²) >= 11 is 0. The van der Waals surface area contributed by atoms with Crippen LogP contribution in [0.5, 0.6) is 0 Å². The van der Waals surface area contributed by atoms with E-state index < -0.39 is 122 Å². The molecule has 0 rings (SSSR count). The summed E-state index contributed by atoms with van der Waals surface area (Å²) in [6, 6.07) is 0. The smallest absolute Gasteiger partial charge is 0.459 e. The molecule has 0 spiro atoms. The Hall–Kier alpha value is -3.75. The normalized spacial score (nSPS) is 16.6. The number of allylic oxidation sites excluding steroid dienone is 7. The highest BCUT2D eigenvalue weighted by Gasteiger charge is 2.75. The first-order valence-corrected chi connectivity index (χ1v) is 11.9. The molecule has 6 nitrogen and oxygen atoms in total. The van der Waals surface area contributed by atoms with Gasteiger partial charge in [-0.3, -0.25) is 0 Å². The van der Waals surface area contributed by atoms with Gasteiger partial charge in [-0.05, 0) is 6.42 Å². The topological polar surface area (TPSA) is 71.1 Å². The van der Waals surface area contributed by atoms with Gasteiger partial charge in [0.1, 0.15) is 19.4 Å². The number of esters is 2. The summed E-state index contributed by atoms with van der Waals surface area (Å²) in [6.07, 6.45) is -8.01. The molecule has 21 heteroatoms. The molecule has 0 bridgehead atoms. The SMILES string of the molecule is C=CC(=O)OCC(CCOCCCOC(F)(/C(F)=C(F)/C(F)=C(F)/C(F)=C(F)/C(F)=C(\F)CF)C(F)(F)C(F)(F)F)OC(=O)C=C.